The molecular weight excluding hydrogens is 111 g/mol. The molecule has 0 rings (SSSR count). The molecule has 0 aliphatic carbocycles. The van der Waals surface area contributed by atoms with E-state index in [1.54, 1.807) is 0 Å². The minimum absolute atomic E-state index is 0. The largest absolute Gasteiger partial charge is 0.512 e. The van der Waals surface area contributed by atoms with Gasteiger partial charge < -0.3 is 23.7 Å². The maximum atomic E-state index is 6.25. The fourth-order valence-electron chi connectivity index (χ4n) is 0. The van der Waals surface area contributed by atoms with Crippen LogP contribution in [0.3, 0.4) is 0 Å². The molecule has 5 heavy (non-hydrogen) atoms. The van der Waals surface area contributed by atoms with Crippen LogP contribution in [0, 0.1) is 23.7 Å². The summed E-state index contributed by atoms with van der Waals surface area (Å²) in [5.74, 6) is 0. The van der Waals surface area contributed by atoms with Gasteiger partial charge in [-0.1, -0.05) is 0 Å². The van der Waals surface area contributed by atoms with Crippen molar-refractivity contribution in [3.8, 4) is 0 Å². The van der Waals surface area contributed by atoms with Gasteiger partial charge in [0.25, 0.3) is 0 Å². The zero-order chi connectivity index (χ0) is 4.00. The molecule has 0 aliphatic rings. The van der Waals surface area contributed by atoms with Crippen LogP contribution in [0.15, 0.2) is 0 Å². The molecule has 0 bridgehead atoms. The van der Waals surface area contributed by atoms with Crippen molar-refractivity contribution in [2.45, 2.75) is 0 Å². The van der Waals surface area contributed by atoms with Crippen molar-refractivity contribution in [3.05, 3.63) is 13.1 Å². The first-order valence-electron chi connectivity index (χ1n) is 0.447. The van der Waals surface area contributed by atoms with Crippen molar-refractivity contribution >= 4 is 0 Å². The summed E-state index contributed by atoms with van der Waals surface area (Å²) in [6.07, 6.45) is 0. The number of rotatable bonds is 0. The van der Waals surface area contributed by atoms with Crippen molar-refractivity contribution in [1.29, 1.82) is 10.5 Å². The maximum absolute atomic E-state index is 6.25. The molecule has 0 N–H and O–H groups in total. The molecule has 0 aromatic rings. The molecule has 0 aromatic carbocycles. The third-order valence-corrected chi connectivity index (χ3v) is 0. The van der Waals surface area contributed by atoms with Crippen LogP contribution in [-0.4, -0.2) is 0 Å². The van der Waals surface area contributed by atoms with Gasteiger partial charge in [-0.25, -0.2) is 0 Å². The number of hydrogen-bond donors (Lipinski definition) is 0. The Morgan fingerprint density at radius 3 is 0.800 bits per heavy atom. The van der Waals surface area contributed by atoms with E-state index in [2.05, 4.69) is 0 Å². The van der Waals surface area contributed by atoms with Crippen molar-refractivity contribution in [2.75, 3.05) is 0 Å². The van der Waals surface area contributed by atoms with E-state index < -0.39 is 0 Å². The van der Waals surface area contributed by atoms with Gasteiger partial charge >= 0.3 is 0 Å². The predicted molar refractivity (Wildman–Crippen MR) is 9.94 cm³/mol. The Hall–Kier alpha value is -0.526. The Kier molecular flexibility index (Phi) is 381. The second-order valence-electron chi connectivity index (χ2n) is 0. The van der Waals surface area contributed by atoms with Crippen LogP contribution in [0.5, 0.6) is 0 Å². The topological polar surface area (TPSA) is 47.6 Å². The summed E-state index contributed by atoms with van der Waals surface area (Å²) in [6, 6.07) is 0. The molecule has 0 spiro atoms. The summed E-state index contributed by atoms with van der Waals surface area (Å²) >= 11 is 0. The average Bonchev–Trinajstić information content (AvgIpc) is 1.50. The van der Waals surface area contributed by atoms with E-state index in [0.29, 0.717) is 0 Å². The summed E-state index contributed by atoms with van der Waals surface area (Å²) in [6.45, 7) is 9.50. The predicted octanol–water partition coefficient (Wildman–Crippen LogP) is 0.190. The van der Waals surface area contributed by atoms with Gasteiger partial charge in [-0.3, -0.25) is 0 Å². The monoisotopic (exact) mass is 110 g/mol. The Balaban J connectivity index is -0.0000000133. The SMILES string of the molecule is [C-]#N.[C-]#N.[Ni]. The molecular formula is C2N2Ni-2. The molecule has 0 aromatic heterocycles. The minimum Gasteiger partial charge on any atom is -0.512 e. The van der Waals surface area contributed by atoms with E-state index in [9.17, 15) is 0 Å². The van der Waals surface area contributed by atoms with Gasteiger partial charge in [0, 0.05) is 16.5 Å². The molecule has 0 fully saturated rings. The van der Waals surface area contributed by atoms with Gasteiger partial charge in [-0.05, 0) is 0 Å². The van der Waals surface area contributed by atoms with Gasteiger partial charge in [0.05, 0.1) is 0 Å². The molecule has 0 saturated heterocycles. The molecule has 0 heterocycles. The Labute approximate surface area is 40.9 Å². The van der Waals surface area contributed by atoms with Crippen molar-refractivity contribution in [3.63, 3.8) is 0 Å². The Morgan fingerprint density at radius 1 is 0.800 bits per heavy atom. The van der Waals surface area contributed by atoms with E-state index >= 15 is 0 Å². The van der Waals surface area contributed by atoms with Gasteiger partial charge in [-0.15, -0.1) is 0 Å². The van der Waals surface area contributed by atoms with Crippen molar-refractivity contribution in [2.24, 2.45) is 0 Å². The van der Waals surface area contributed by atoms with Crippen LogP contribution >= 0.6 is 0 Å². The summed E-state index contributed by atoms with van der Waals surface area (Å²) in [4.78, 5) is 0. The first-order chi connectivity index (χ1) is 2.00. The molecule has 0 aliphatic heterocycles. The molecule has 0 unspecified atom stereocenters. The first kappa shape index (κ1) is 24.9. The third-order valence-electron chi connectivity index (χ3n) is 0. The van der Waals surface area contributed by atoms with Gasteiger partial charge in [0.1, 0.15) is 0 Å². The van der Waals surface area contributed by atoms with Crippen LogP contribution in [-0.2, 0) is 16.5 Å². The standard InChI is InChI=1S/2CN.Ni/c2*1-2;/q2*-1;. The average molecular weight is 111 g/mol. The summed E-state index contributed by atoms with van der Waals surface area (Å²) in [5.41, 5.74) is 0. The smallest absolute Gasteiger partial charge is 0 e. The van der Waals surface area contributed by atoms with Gasteiger partial charge in [0.2, 0.25) is 0 Å². The van der Waals surface area contributed by atoms with Gasteiger partial charge in [0.15, 0.2) is 0 Å². The summed E-state index contributed by atoms with van der Waals surface area (Å²) in [7, 11) is 0. The molecule has 0 amide bonds. The number of nitrogens with zero attached hydrogens (tertiary/aromatic N) is 2. The van der Waals surface area contributed by atoms with Crippen LogP contribution in [0.1, 0.15) is 0 Å². The zero-order valence-electron chi connectivity index (χ0n) is 2.21. The second-order valence-corrected chi connectivity index (χ2v) is 0. The van der Waals surface area contributed by atoms with E-state index in [1.807, 2.05) is 0 Å². The van der Waals surface area contributed by atoms with E-state index in [1.165, 1.54) is 0 Å². The normalized spacial score (nSPS) is 0.800. The van der Waals surface area contributed by atoms with Crippen molar-refractivity contribution < 1.29 is 16.5 Å². The molecule has 0 atom stereocenters. The Bertz CT molecular complexity index is 23.1. The van der Waals surface area contributed by atoms with Crippen LogP contribution in [0.25, 0.3) is 0 Å². The zero-order valence-corrected chi connectivity index (χ0v) is 3.20. The van der Waals surface area contributed by atoms with Crippen LogP contribution in [0.4, 0.5) is 0 Å². The second kappa shape index (κ2) is 76.7. The minimum atomic E-state index is 0. The van der Waals surface area contributed by atoms with Crippen molar-refractivity contribution in [1.82, 2.24) is 0 Å². The molecule has 2 nitrogen and oxygen atoms in total. The van der Waals surface area contributed by atoms with Crippen LogP contribution < -0.4 is 0 Å². The van der Waals surface area contributed by atoms with E-state index in [4.69, 9.17) is 23.7 Å². The summed E-state index contributed by atoms with van der Waals surface area (Å²) < 4.78 is 0. The summed E-state index contributed by atoms with van der Waals surface area (Å²) in [5, 5.41) is 12.5. The fraction of sp³-hybridized carbons (Fsp3) is 0. The number of hydrogen-bond acceptors (Lipinski definition) is 2. The van der Waals surface area contributed by atoms with E-state index in [0.717, 1.165) is 0 Å². The third kappa shape index (κ3) is 27.2. The molecule has 30 valence electrons. The molecule has 0 saturated carbocycles. The quantitative estimate of drug-likeness (QED) is 0.330. The molecule has 0 radical (unpaired) electrons. The maximum Gasteiger partial charge on any atom is 0 e. The fourth-order valence-corrected chi connectivity index (χ4v) is 0. The van der Waals surface area contributed by atoms with Crippen LogP contribution in [0.2, 0.25) is 0 Å². The van der Waals surface area contributed by atoms with Gasteiger partial charge in [-0.2, -0.15) is 0 Å². The Morgan fingerprint density at radius 2 is 0.800 bits per heavy atom. The molecule has 3 heteroatoms. The van der Waals surface area contributed by atoms with E-state index in [-0.39, 0.29) is 16.5 Å². The first-order valence-corrected chi connectivity index (χ1v) is 0.447.